The molecule has 1 aliphatic heterocycles. The molecule has 2 rings (SSSR count). The number of nitrogens with zero attached hydrogens (tertiary/aromatic N) is 4. The largest absolute Gasteiger partial charge is 0.370 e. The van der Waals surface area contributed by atoms with Crippen LogP contribution in [0.15, 0.2) is 17.1 Å². The van der Waals surface area contributed by atoms with Crippen molar-refractivity contribution in [1.82, 2.24) is 20.0 Å². The molecule has 2 heterocycles. The first-order chi connectivity index (χ1) is 9.66. The molecule has 1 saturated heterocycles. The third kappa shape index (κ3) is 4.31. The van der Waals surface area contributed by atoms with E-state index in [1.165, 1.54) is 17.5 Å². The maximum Gasteiger partial charge on any atom is 0.268 e. The van der Waals surface area contributed by atoms with Crippen LogP contribution in [0.5, 0.6) is 0 Å². The van der Waals surface area contributed by atoms with Crippen molar-refractivity contribution in [2.45, 2.75) is 19.4 Å². The second-order valence-corrected chi connectivity index (χ2v) is 5.52. The normalized spacial score (nSPS) is 15.2. The van der Waals surface area contributed by atoms with Crippen LogP contribution < -0.4 is 15.8 Å². The van der Waals surface area contributed by atoms with Gasteiger partial charge >= 0.3 is 0 Å². The van der Waals surface area contributed by atoms with Crippen LogP contribution in [0.2, 0.25) is 0 Å². The number of likely N-dealkylation sites (N-methyl/N-ethyl adjacent to an activating group) is 1. The molecule has 0 atom stereocenters. The Morgan fingerprint density at radius 1 is 1.30 bits per heavy atom. The predicted molar refractivity (Wildman–Crippen MR) is 81.4 cm³/mol. The summed E-state index contributed by atoms with van der Waals surface area (Å²) in [6.45, 7) is 5.38. The minimum Gasteiger partial charge on any atom is -0.370 e. The quantitative estimate of drug-likeness (QED) is 0.712. The summed E-state index contributed by atoms with van der Waals surface area (Å²) in [6, 6.07) is 1.71. The Hall–Kier alpha value is -1.40. The lowest BCUT2D eigenvalue weighted by Crippen LogP contribution is -2.32. The highest BCUT2D eigenvalue weighted by Gasteiger charge is 2.13. The predicted octanol–water partition coefficient (Wildman–Crippen LogP) is -0.00530. The first-order valence-corrected chi connectivity index (χ1v) is 7.34. The minimum absolute atomic E-state index is 0.0104. The standard InChI is InChI=1S/C14H25N5O/c1-17(2)9-5-15-6-10-19-14(20)11-13(12-16-19)18-7-3-4-8-18/h11-12,15H,3-10H2,1-2H3. The van der Waals surface area contributed by atoms with Gasteiger partial charge in [0.15, 0.2) is 0 Å². The van der Waals surface area contributed by atoms with Gasteiger partial charge in [-0.3, -0.25) is 4.79 Å². The van der Waals surface area contributed by atoms with E-state index in [-0.39, 0.29) is 5.56 Å². The average Bonchev–Trinajstić information content (AvgIpc) is 2.93. The third-order valence-corrected chi connectivity index (χ3v) is 3.56. The molecule has 0 bridgehead atoms. The third-order valence-electron chi connectivity index (χ3n) is 3.56. The first kappa shape index (κ1) is 15.0. The maximum atomic E-state index is 12.0. The lowest BCUT2D eigenvalue weighted by Gasteiger charge is -2.17. The van der Waals surface area contributed by atoms with Gasteiger partial charge in [-0.1, -0.05) is 0 Å². The van der Waals surface area contributed by atoms with Gasteiger partial charge in [0, 0.05) is 38.8 Å². The van der Waals surface area contributed by atoms with Crippen molar-refractivity contribution in [2.24, 2.45) is 0 Å². The minimum atomic E-state index is -0.0104. The van der Waals surface area contributed by atoms with E-state index in [2.05, 4.69) is 20.2 Å². The fourth-order valence-corrected chi connectivity index (χ4v) is 2.35. The van der Waals surface area contributed by atoms with Gasteiger partial charge in [0.1, 0.15) is 0 Å². The molecule has 112 valence electrons. The molecule has 0 radical (unpaired) electrons. The van der Waals surface area contributed by atoms with Crippen LogP contribution in [0.25, 0.3) is 0 Å². The van der Waals surface area contributed by atoms with Crippen molar-refractivity contribution in [2.75, 3.05) is 51.7 Å². The Bertz CT molecular complexity index is 465. The Kier molecular flexibility index (Phi) is 5.55. The second-order valence-electron chi connectivity index (χ2n) is 5.52. The van der Waals surface area contributed by atoms with E-state index in [0.29, 0.717) is 6.54 Å². The number of nitrogens with one attached hydrogen (secondary N) is 1. The highest BCUT2D eigenvalue weighted by atomic mass is 16.1. The Balaban J connectivity index is 1.82. The molecule has 0 aromatic carbocycles. The van der Waals surface area contributed by atoms with Crippen LogP contribution in [-0.2, 0) is 6.54 Å². The van der Waals surface area contributed by atoms with Gasteiger partial charge < -0.3 is 15.1 Å². The summed E-state index contributed by atoms with van der Waals surface area (Å²) < 4.78 is 1.53. The Morgan fingerprint density at radius 3 is 2.70 bits per heavy atom. The summed E-state index contributed by atoms with van der Waals surface area (Å²) in [7, 11) is 4.09. The van der Waals surface area contributed by atoms with E-state index in [4.69, 9.17) is 0 Å². The Morgan fingerprint density at radius 2 is 2.05 bits per heavy atom. The zero-order valence-electron chi connectivity index (χ0n) is 12.5. The summed E-state index contributed by atoms with van der Waals surface area (Å²) >= 11 is 0. The molecule has 1 aromatic rings. The molecule has 20 heavy (non-hydrogen) atoms. The zero-order valence-corrected chi connectivity index (χ0v) is 12.5. The average molecular weight is 279 g/mol. The first-order valence-electron chi connectivity index (χ1n) is 7.34. The van der Waals surface area contributed by atoms with Gasteiger partial charge in [0.2, 0.25) is 0 Å². The SMILES string of the molecule is CN(C)CCNCCn1ncc(N2CCCC2)cc1=O. The molecule has 0 unspecified atom stereocenters. The molecule has 6 nitrogen and oxygen atoms in total. The van der Waals surface area contributed by atoms with Crippen LogP contribution in [0.1, 0.15) is 12.8 Å². The molecule has 1 N–H and O–H groups in total. The number of hydrogen-bond acceptors (Lipinski definition) is 5. The molecule has 1 aliphatic rings. The molecule has 0 saturated carbocycles. The lowest BCUT2D eigenvalue weighted by molar-refractivity contribution is 0.395. The van der Waals surface area contributed by atoms with E-state index < -0.39 is 0 Å². The van der Waals surface area contributed by atoms with E-state index in [9.17, 15) is 4.79 Å². The van der Waals surface area contributed by atoms with Gasteiger partial charge in [-0.05, 0) is 26.9 Å². The van der Waals surface area contributed by atoms with Crippen molar-refractivity contribution in [3.63, 3.8) is 0 Å². The number of anilines is 1. The summed E-state index contributed by atoms with van der Waals surface area (Å²) in [6.07, 6.45) is 4.23. The second kappa shape index (κ2) is 7.40. The van der Waals surface area contributed by atoms with Crippen LogP contribution in [0.4, 0.5) is 5.69 Å². The molecule has 0 aliphatic carbocycles. The molecular weight excluding hydrogens is 254 g/mol. The van der Waals surface area contributed by atoms with E-state index in [0.717, 1.165) is 38.4 Å². The van der Waals surface area contributed by atoms with Crippen molar-refractivity contribution in [3.05, 3.63) is 22.6 Å². The molecule has 6 heteroatoms. The van der Waals surface area contributed by atoms with Crippen molar-refractivity contribution in [3.8, 4) is 0 Å². The van der Waals surface area contributed by atoms with Gasteiger partial charge in [0.25, 0.3) is 5.56 Å². The fraction of sp³-hybridized carbons (Fsp3) is 0.714. The van der Waals surface area contributed by atoms with Gasteiger partial charge in [-0.25, -0.2) is 4.68 Å². The van der Waals surface area contributed by atoms with Crippen LogP contribution in [0.3, 0.4) is 0 Å². The van der Waals surface area contributed by atoms with Crippen LogP contribution >= 0.6 is 0 Å². The molecule has 1 fully saturated rings. The number of rotatable bonds is 7. The summed E-state index contributed by atoms with van der Waals surface area (Å²) in [4.78, 5) is 16.4. The molecular formula is C14H25N5O. The summed E-state index contributed by atoms with van der Waals surface area (Å²) in [5, 5.41) is 7.58. The lowest BCUT2D eigenvalue weighted by atomic mass is 10.4. The van der Waals surface area contributed by atoms with Crippen LogP contribution in [0, 0.1) is 0 Å². The van der Waals surface area contributed by atoms with Gasteiger partial charge in [0.05, 0.1) is 18.4 Å². The Labute approximate surface area is 120 Å². The number of aromatic nitrogens is 2. The molecule has 0 amide bonds. The maximum absolute atomic E-state index is 12.0. The van der Waals surface area contributed by atoms with Crippen molar-refractivity contribution >= 4 is 5.69 Å². The van der Waals surface area contributed by atoms with E-state index >= 15 is 0 Å². The van der Waals surface area contributed by atoms with E-state index in [1.807, 2.05) is 20.3 Å². The van der Waals surface area contributed by atoms with Gasteiger partial charge in [-0.15, -0.1) is 0 Å². The van der Waals surface area contributed by atoms with Crippen molar-refractivity contribution < 1.29 is 0 Å². The number of hydrogen-bond donors (Lipinski definition) is 1. The van der Waals surface area contributed by atoms with Crippen LogP contribution in [-0.4, -0.2) is 61.5 Å². The monoisotopic (exact) mass is 279 g/mol. The van der Waals surface area contributed by atoms with E-state index in [1.54, 1.807) is 6.07 Å². The highest BCUT2D eigenvalue weighted by Crippen LogP contribution is 2.16. The molecule has 0 spiro atoms. The van der Waals surface area contributed by atoms with Gasteiger partial charge in [-0.2, -0.15) is 5.10 Å². The smallest absolute Gasteiger partial charge is 0.268 e. The molecule has 1 aromatic heterocycles. The fourth-order valence-electron chi connectivity index (χ4n) is 2.35. The summed E-state index contributed by atoms with van der Waals surface area (Å²) in [5.41, 5.74) is 0.952. The topological polar surface area (TPSA) is 53.4 Å². The van der Waals surface area contributed by atoms with Crippen molar-refractivity contribution in [1.29, 1.82) is 0 Å². The zero-order chi connectivity index (χ0) is 14.4. The summed E-state index contributed by atoms with van der Waals surface area (Å²) in [5.74, 6) is 0. The highest BCUT2D eigenvalue weighted by molar-refractivity contribution is 5.43.